The van der Waals surface area contributed by atoms with E-state index in [0.29, 0.717) is 39.2 Å². The Balaban J connectivity index is 1.49. The Morgan fingerprint density at radius 2 is 1.85 bits per heavy atom. The molecule has 0 saturated carbocycles. The Labute approximate surface area is 195 Å². The fourth-order valence-corrected chi connectivity index (χ4v) is 4.45. The molecule has 176 valence electrons. The van der Waals surface area contributed by atoms with Gasteiger partial charge in [0.15, 0.2) is 0 Å². The standard InChI is InChI=1S/C25H33N5O3/c1-5-33-25(32)29-13-11-28(12-14-29)17-24(31)30-23(22-7-6-10-27(22)4)16-21(26-30)20-9-8-18(2)19(3)15-20/h6-10,15,23H,5,11-14,16-17H2,1-4H3. The van der Waals surface area contributed by atoms with E-state index in [2.05, 4.69) is 47.6 Å². The monoisotopic (exact) mass is 451 g/mol. The quantitative estimate of drug-likeness (QED) is 0.701. The number of benzene rings is 1. The van der Waals surface area contributed by atoms with Gasteiger partial charge >= 0.3 is 6.09 Å². The molecule has 0 spiro atoms. The lowest BCUT2D eigenvalue weighted by molar-refractivity contribution is -0.134. The van der Waals surface area contributed by atoms with Crippen molar-refractivity contribution in [3.8, 4) is 0 Å². The van der Waals surface area contributed by atoms with Gasteiger partial charge < -0.3 is 14.2 Å². The van der Waals surface area contributed by atoms with Crippen LogP contribution in [-0.4, -0.2) is 76.4 Å². The van der Waals surface area contributed by atoms with Crippen LogP contribution in [0.1, 0.15) is 41.8 Å². The number of hydrogen-bond acceptors (Lipinski definition) is 5. The average Bonchev–Trinajstić information content (AvgIpc) is 3.42. The van der Waals surface area contributed by atoms with Crippen LogP contribution in [0.25, 0.3) is 0 Å². The summed E-state index contributed by atoms with van der Waals surface area (Å²) in [5, 5.41) is 6.48. The third kappa shape index (κ3) is 4.95. The van der Waals surface area contributed by atoms with Gasteiger partial charge in [0, 0.05) is 51.5 Å². The van der Waals surface area contributed by atoms with Gasteiger partial charge in [0.1, 0.15) is 6.04 Å². The van der Waals surface area contributed by atoms with Gasteiger partial charge in [0.2, 0.25) is 0 Å². The first-order valence-electron chi connectivity index (χ1n) is 11.6. The highest BCUT2D eigenvalue weighted by Crippen LogP contribution is 2.33. The van der Waals surface area contributed by atoms with E-state index in [4.69, 9.17) is 9.84 Å². The van der Waals surface area contributed by atoms with Gasteiger partial charge in [-0.2, -0.15) is 5.10 Å². The lowest BCUT2D eigenvalue weighted by Crippen LogP contribution is -2.51. The van der Waals surface area contributed by atoms with Crippen molar-refractivity contribution in [3.05, 3.63) is 58.9 Å². The van der Waals surface area contributed by atoms with Crippen molar-refractivity contribution in [2.75, 3.05) is 39.3 Å². The van der Waals surface area contributed by atoms with Crippen LogP contribution < -0.4 is 0 Å². The SMILES string of the molecule is CCOC(=O)N1CCN(CC(=O)N2N=C(c3ccc(C)c(C)c3)CC2c2cccn2C)CC1. The number of nitrogens with zero attached hydrogens (tertiary/aromatic N) is 5. The molecule has 1 saturated heterocycles. The number of hydrogen-bond donors (Lipinski definition) is 0. The van der Waals surface area contributed by atoms with Crippen LogP contribution in [0.15, 0.2) is 41.6 Å². The van der Waals surface area contributed by atoms with Crippen LogP contribution in [0, 0.1) is 13.8 Å². The van der Waals surface area contributed by atoms with E-state index in [1.165, 1.54) is 11.1 Å². The van der Waals surface area contributed by atoms with E-state index in [1.807, 2.05) is 19.3 Å². The van der Waals surface area contributed by atoms with Crippen LogP contribution in [0.5, 0.6) is 0 Å². The summed E-state index contributed by atoms with van der Waals surface area (Å²) in [6.45, 7) is 9.05. The Morgan fingerprint density at radius 1 is 1.09 bits per heavy atom. The molecule has 2 amide bonds. The molecule has 0 aliphatic carbocycles. The third-order valence-corrected chi connectivity index (χ3v) is 6.59. The minimum absolute atomic E-state index is 0.0235. The largest absolute Gasteiger partial charge is 0.450 e. The maximum atomic E-state index is 13.4. The zero-order valence-electron chi connectivity index (χ0n) is 20.0. The highest BCUT2D eigenvalue weighted by molar-refractivity contribution is 6.03. The zero-order chi connectivity index (χ0) is 23.5. The molecule has 2 aromatic rings. The number of carbonyl (C=O) groups is 2. The Kier molecular flexibility index (Phi) is 6.83. The van der Waals surface area contributed by atoms with Gasteiger partial charge in [-0.15, -0.1) is 0 Å². The molecule has 0 radical (unpaired) electrons. The molecule has 0 N–H and O–H groups in total. The number of hydrazone groups is 1. The highest BCUT2D eigenvalue weighted by atomic mass is 16.6. The van der Waals surface area contributed by atoms with Crippen molar-refractivity contribution >= 4 is 17.7 Å². The molecule has 0 bridgehead atoms. The first-order chi connectivity index (χ1) is 15.9. The van der Waals surface area contributed by atoms with Gasteiger partial charge in [0.25, 0.3) is 5.91 Å². The molecule has 3 heterocycles. The topological polar surface area (TPSA) is 70.4 Å². The fourth-order valence-electron chi connectivity index (χ4n) is 4.45. The number of rotatable bonds is 5. The van der Waals surface area contributed by atoms with E-state index in [-0.39, 0.29) is 24.6 Å². The van der Waals surface area contributed by atoms with Gasteiger partial charge in [-0.1, -0.05) is 12.1 Å². The van der Waals surface area contributed by atoms with Crippen molar-refractivity contribution < 1.29 is 14.3 Å². The molecule has 4 rings (SSSR count). The summed E-state index contributed by atoms with van der Waals surface area (Å²) in [4.78, 5) is 29.1. The first kappa shape index (κ1) is 23.0. The van der Waals surface area contributed by atoms with Crippen molar-refractivity contribution in [3.63, 3.8) is 0 Å². The van der Waals surface area contributed by atoms with E-state index < -0.39 is 0 Å². The number of amides is 2. The van der Waals surface area contributed by atoms with Crippen LogP contribution >= 0.6 is 0 Å². The molecule has 1 fully saturated rings. The van der Waals surface area contributed by atoms with Crippen LogP contribution in [0.4, 0.5) is 4.79 Å². The van der Waals surface area contributed by atoms with Crippen molar-refractivity contribution in [2.24, 2.45) is 12.1 Å². The van der Waals surface area contributed by atoms with Gasteiger partial charge in [-0.25, -0.2) is 9.80 Å². The van der Waals surface area contributed by atoms with Crippen LogP contribution in [-0.2, 0) is 16.6 Å². The minimum atomic E-state index is -0.283. The number of aryl methyl sites for hydroxylation is 3. The molecule has 1 aromatic heterocycles. The summed E-state index contributed by atoms with van der Waals surface area (Å²) in [5.74, 6) is -0.0235. The molecule has 8 nitrogen and oxygen atoms in total. The number of carbonyl (C=O) groups excluding carboxylic acids is 2. The predicted molar refractivity (Wildman–Crippen MR) is 127 cm³/mol. The molecular formula is C25H33N5O3. The Hall–Kier alpha value is -3.13. The highest BCUT2D eigenvalue weighted by Gasteiger charge is 2.35. The third-order valence-electron chi connectivity index (χ3n) is 6.59. The Morgan fingerprint density at radius 3 is 2.48 bits per heavy atom. The fraction of sp³-hybridized carbons (Fsp3) is 0.480. The smallest absolute Gasteiger partial charge is 0.409 e. The van der Waals surface area contributed by atoms with Crippen LogP contribution in [0.2, 0.25) is 0 Å². The van der Waals surface area contributed by atoms with E-state index >= 15 is 0 Å². The lowest BCUT2D eigenvalue weighted by atomic mass is 9.98. The Bertz CT molecular complexity index is 1050. The van der Waals surface area contributed by atoms with E-state index in [0.717, 1.165) is 17.0 Å². The second kappa shape index (κ2) is 9.79. The molecule has 1 aromatic carbocycles. The van der Waals surface area contributed by atoms with E-state index in [1.54, 1.807) is 16.8 Å². The molecular weight excluding hydrogens is 418 g/mol. The summed E-state index contributed by atoms with van der Waals surface area (Å²) < 4.78 is 7.15. The summed E-state index contributed by atoms with van der Waals surface area (Å²) in [7, 11) is 2.00. The van der Waals surface area contributed by atoms with Crippen LogP contribution in [0.3, 0.4) is 0 Å². The van der Waals surface area contributed by atoms with Crippen molar-refractivity contribution in [1.82, 2.24) is 19.4 Å². The summed E-state index contributed by atoms with van der Waals surface area (Å²) in [6, 6.07) is 10.3. The second-order valence-electron chi connectivity index (χ2n) is 8.81. The molecule has 8 heteroatoms. The van der Waals surface area contributed by atoms with E-state index in [9.17, 15) is 9.59 Å². The number of ether oxygens (including phenoxy) is 1. The summed E-state index contributed by atoms with van der Waals surface area (Å²) in [5.41, 5.74) is 5.53. The van der Waals surface area contributed by atoms with Crippen molar-refractivity contribution in [2.45, 2.75) is 33.2 Å². The minimum Gasteiger partial charge on any atom is -0.450 e. The second-order valence-corrected chi connectivity index (χ2v) is 8.81. The molecule has 1 unspecified atom stereocenters. The molecule has 2 aliphatic rings. The predicted octanol–water partition coefficient (Wildman–Crippen LogP) is 3.09. The van der Waals surface area contributed by atoms with Crippen molar-refractivity contribution in [1.29, 1.82) is 0 Å². The van der Waals surface area contributed by atoms with Gasteiger partial charge in [0.05, 0.1) is 18.9 Å². The van der Waals surface area contributed by atoms with Gasteiger partial charge in [-0.3, -0.25) is 9.69 Å². The summed E-state index contributed by atoms with van der Waals surface area (Å²) in [6.07, 6.45) is 2.40. The zero-order valence-corrected chi connectivity index (χ0v) is 20.0. The lowest BCUT2D eigenvalue weighted by Gasteiger charge is -2.34. The number of aromatic nitrogens is 1. The molecule has 1 atom stereocenters. The number of piperazine rings is 1. The molecule has 2 aliphatic heterocycles. The normalized spacial score (nSPS) is 19.0. The first-order valence-corrected chi connectivity index (χ1v) is 11.6. The maximum Gasteiger partial charge on any atom is 0.409 e. The summed E-state index contributed by atoms with van der Waals surface area (Å²) >= 11 is 0. The maximum absolute atomic E-state index is 13.4. The van der Waals surface area contributed by atoms with Gasteiger partial charge in [-0.05, 0) is 55.7 Å². The average molecular weight is 452 g/mol. The molecule has 33 heavy (non-hydrogen) atoms.